The standard InChI is InChI=1S/C24H27FN4O4S/c1-17-23(18(2)33-27-17)34(31,32)29-14-6-13-28(15-16-29)22(19-7-4-3-5-8-19)24(30)26-21-11-9-20(25)10-12-21/h3-5,7-12,22H,6,13-16H2,1-2H3,(H,26,30). The van der Waals surface area contributed by atoms with Crippen molar-refractivity contribution in [3.63, 3.8) is 0 Å². The molecular weight excluding hydrogens is 459 g/mol. The predicted molar refractivity (Wildman–Crippen MR) is 125 cm³/mol. The number of aromatic nitrogens is 1. The van der Waals surface area contributed by atoms with Gasteiger partial charge in [-0.2, -0.15) is 4.31 Å². The highest BCUT2D eigenvalue weighted by molar-refractivity contribution is 7.89. The van der Waals surface area contributed by atoms with Crippen LogP contribution in [0.4, 0.5) is 10.1 Å². The Balaban J connectivity index is 1.57. The van der Waals surface area contributed by atoms with Crippen molar-refractivity contribution in [2.45, 2.75) is 31.2 Å². The van der Waals surface area contributed by atoms with Gasteiger partial charge in [0, 0.05) is 31.9 Å². The van der Waals surface area contributed by atoms with Crippen molar-refractivity contribution in [1.29, 1.82) is 0 Å². The summed E-state index contributed by atoms with van der Waals surface area (Å²) < 4.78 is 46.4. The van der Waals surface area contributed by atoms with Crippen molar-refractivity contribution in [2.75, 3.05) is 31.5 Å². The number of anilines is 1. The molecule has 0 spiro atoms. The Morgan fingerprint density at radius 3 is 2.38 bits per heavy atom. The maximum Gasteiger partial charge on any atom is 0.248 e. The molecule has 0 bridgehead atoms. The maximum absolute atomic E-state index is 13.4. The molecule has 0 aliphatic carbocycles. The molecule has 1 atom stereocenters. The molecule has 1 amide bonds. The molecule has 1 fully saturated rings. The molecule has 1 aliphatic rings. The van der Waals surface area contributed by atoms with Crippen LogP contribution in [0.2, 0.25) is 0 Å². The van der Waals surface area contributed by atoms with Crippen LogP contribution >= 0.6 is 0 Å². The van der Waals surface area contributed by atoms with Gasteiger partial charge < -0.3 is 9.84 Å². The van der Waals surface area contributed by atoms with Crippen LogP contribution in [0.1, 0.15) is 29.5 Å². The van der Waals surface area contributed by atoms with Crippen LogP contribution in [0.15, 0.2) is 64.0 Å². The van der Waals surface area contributed by atoms with Gasteiger partial charge in [0.15, 0.2) is 5.76 Å². The number of rotatable bonds is 6. The van der Waals surface area contributed by atoms with Crippen molar-refractivity contribution in [3.05, 3.63) is 77.4 Å². The molecule has 4 rings (SSSR count). The van der Waals surface area contributed by atoms with E-state index in [-0.39, 0.29) is 28.9 Å². The molecule has 8 nitrogen and oxygen atoms in total. The normalized spacial score (nSPS) is 16.7. The predicted octanol–water partition coefficient (Wildman–Crippen LogP) is 3.51. The lowest BCUT2D eigenvalue weighted by Crippen LogP contribution is -2.40. The number of nitrogens with one attached hydrogen (secondary N) is 1. The summed E-state index contributed by atoms with van der Waals surface area (Å²) in [6.45, 7) is 4.63. The Morgan fingerprint density at radius 1 is 1.03 bits per heavy atom. The third-order valence-corrected chi connectivity index (χ3v) is 8.04. The van der Waals surface area contributed by atoms with Crippen LogP contribution in [0.5, 0.6) is 0 Å². The van der Waals surface area contributed by atoms with Gasteiger partial charge in [0.05, 0.1) is 0 Å². The van der Waals surface area contributed by atoms with Gasteiger partial charge in [-0.25, -0.2) is 12.8 Å². The molecule has 0 radical (unpaired) electrons. The van der Waals surface area contributed by atoms with Crippen molar-refractivity contribution < 1.29 is 22.1 Å². The molecule has 2 aromatic carbocycles. The van der Waals surface area contributed by atoms with Gasteiger partial charge in [0.25, 0.3) is 0 Å². The molecule has 34 heavy (non-hydrogen) atoms. The quantitative estimate of drug-likeness (QED) is 0.573. The Morgan fingerprint density at radius 2 is 1.74 bits per heavy atom. The van der Waals surface area contributed by atoms with Crippen LogP contribution in [-0.4, -0.2) is 54.9 Å². The highest BCUT2D eigenvalue weighted by Crippen LogP contribution is 2.28. The molecular formula is C24H27FN4O4S. The van der Waals surface area contributed by atoms with E-state index < -0.39 is 16.1 Å². The Labute approximate surface area is 198 Å². The van der Waals surface area contributed by atoms with Crippen LogP contribution in [0.3, 0.4) is 0 Å². The highest BCUT2D eigenvalue weighted by atomic mass is 32.2. The summed E-state index contributed by atoms with van der Waals surface area (Å²) in [6, 6.07) is 14.3. The molecule has 180 valence electrons. The minimum atomic E-state index is -3.78. The first kappa shape index (κ1) is 24.1. The number of nitrogens with zero attached hydrogens (tertiary/aromatic N) is 3. The smallest absolute Gasteiger partial charge is 0.248 e. The SMILES string of the molecule is Cc1noc(C)c1S(=O)(=O)N1CCCN(C(C(=O)Nc2ccc(F)cc2)c2ccccc2)CC1. The number of halogens is 1. The zero-order valence-electron chi connectivity index (χ0n) is 19.1. The van der Waals surface area contributed by atoms with Crippen LogP contribution in [-0.2, 0) is 14.8 Å². The number of benzene rings is 2. The van der Waals surface area contributed by atoms with Crippen LogP contribution in [0, 0.1) is 19.7 Å². The van der Waals surface area contributed by atoms with Crippen molar-refractivity contribution >= 4 is 21.6 Å². The zero-order valence-corrected chi connectivity index (χ0v) is 19.9. The number of aryl methyl sites for hydroxylation is 2. The van der Waals surface area contributed by atoms with Crippen LogP contribution in [0.25, 0.3) is 0 Å². The fourth-order valence-corrected chi connectivity index (χ4v) is 6.05. The number of sulfonamides is 1. The van der Waals surface area contributed by atoms with Crippen LogP contribution < -0.4 is 5.32 Å². The number of hydrogen-bond acceptors (Lipinski definition) is 6. The third-order valence-electron chi connectivity index (χ3n) is 5.90. The number of carbonyl (C=O) groups is 1. The average molecular weight is 487 g/mol. The summed E-state index contributed by atoms with van der Waals surface area (Å²) >= 11 is 0. The number of amides is 1. The van der Waals surface area contributed by atoms with Gasteiger partial charge in [0.1, 0.15) is 22.4 Å². The fraction of sp³-hybridized carbons (Fsp3) is 0.333. The lowest BCUT2D eigenvalue weighted by Gasteiger charge is -2.30. The summed E-state index contributed by atoms with van der Waals surface area (Å²) in [5.74, 6) is -0.385. The summed E-state index contributed by atoms with van der Waals surface area (Å²) in [6.07, 6.45) is 0.551. The van der Waals surface area contributed by atoms with Crippen molar-refractivity contribution in [1.82, 2.24) is 14.4 Å². The molecule has 1 aliphatic heterocycles. The lowest BCUT2D eigenvalue weighted by molar-refractivity contribution is -0.121. The first-order valence-electron chi connectivity index (χ1n) is 11.1. The van der Waals surface area contributed by atoms with E-state index in [1.54, 1.807) is 13.8 Å². The van der Waals surface area contributed by atoms with Crippen molar-refractivity contribution in [3.8, 4) is 0 Å². The molecule has 1 unspecified atom stereocenters. The highest BCUT2D eigenvalue weighted by Gasteiger charge is 2.35. The van der Waals surface area contributed by atoms with E-state index in [9.17, 15) is 17.6 Å². The second-order valence-corrected chi connectivity index (χ2v) is 10.1. The van der Waals surface area contributed by atoms with E-state index in [0.717, 1.165) is 5.56 Å². The second kappa shape index (κ2) is 10.0. The summed E-state index contributed by atoms with van der Waals surface area (Å²) in [5.41, 5.74) is 1.62. The monoisotopic (exact) mass is 486 g/mol. The molecule has 10 heteroatoms. The van der Waals surface area contributed by atoms with E-state index in [4.69, 9.17) is 4.52 Å². The largest absolute Gasteiger partial charge is 0.360 e. The van der Waals surface area contributed by atoms with Gasteiger partial charge in [-0.1, -0.05) is 35.5 Å². The Kier molecular flexibility index (Phi) is 7.11. The minimum absolute atomic E-state index is 0.106. The van der Waals surface area contributed by atoms with Gasteiger partial charge in [-0.15, -0.1) is 0 Å². The lowest BCUT2D eigenvalue weighted by atomic mass is 10.0. The van der Waals surface area contributed by atoms with Gasteiger partial charge >= 0.3 is 0 Å². The van der Waals surface area contributed by atoms with Gasteiger partial charge in [0.2, 0.25) is 15.9 Å². The third kappa shape index (κ3) is 5.03. The van der Waals surface area contributed by atoms with Gasteiger partial charge in [-0.3, -0.25) is 9.69 Å². The topological polar surface area (TPSA) is 95.8 Å². The Hall–Kier alpha value is -3.08. The summed E-state index contributed by atoms with van der Waals surface area (Å²) in [4.78, 5) is 15.5. The number of hydrogen-bond donors (Lipinski definition) is 1. The van der Waals surface area contributed by atoms with E-state index >= 15 is 0 Å². The van der Waals surface area contributed by atoms with Gasteiger partial charge in [-0.05, 0) is 50.1 Å². The minimum Gasteiger partial charge on any atom is -0.360 e. The maximum atomic E-state index is 13.4. The summed E-state index contributed by atoms with van der Waals surface area (Å²) in [5, 5.41) is 6.65. The van der Waals surface area contributed by atoms with E-state index in [1.165, 1.54) is 28.6 Å². The molecule has 1 saturated heterocycles. The molecule has 3 aromatic rings. The first-order valence-corrected chi connectivity index (χ1v) is 12.5. The second-order valence-electron chi connectivity index (χ2n) is 8.26. The fourth-order valence-electron chi connectivity index (χ4n) is 4.29. The van der Waals surface area contributed by atoms with Crippen molar-refractivity contribution in [2.24, 2.45) is 0 Å². The molecule has 0 saturated carbocycles. The first-order chi connectivity index (χ1) is 16.3. The van der Waals surface area contributed by atoms with E-state index in [1.807, 2.05) is 35.2 Å². The zero-order chi connectivity index (χ0) is 24.3. The molecule has 1 N–H and O–H groups in total. The van der Waals surface area contributed by atoms with E-state index in [2.05, 4.69) is 10.5 Å². The van der Waals surface area contributed by atoms with E-state index in [0.29, 0.717) is 37.4 Å². The molecule has 1 aromatic heterocycles. The molecule has 2 heterocycles. The Bertz CT molecular complexity index is 1230. The summed E-state index contributed by atoms with van der Waals surface area (Å²) in [7, 11) is -3.78. The number of carbonyl (C=O) groups excluding carboxylic acids is 1. The average Bonchev–Trinajstić information content (AvgIpc) is 3.00.